The predicted molar refractivity (Wildman–Crippen MR) is 44.0 cm³/mol. The molecule has 16 heavy (non-hydrogen) atoms. The molecule has 0 amide bonds. The topological polar surface area (TPSA) is 118 Å². The van der Waals surface area contributed by atoms with E-state index in [0.717, 1.165) is 12.3 Å². The van der Waals surface area contributed by atoms with Crippen molar-refractivity contribution in [3.8, 4) is 11.6 Å². The quantitative estimate of drug-likeness (QED) is 0.301. The normalized spacial score (nSPS) is 14.0. The number of aromatic nitrogens is 1. The van der Waals surface area contributed by atoms with Crippen LogP contribution in [-0.4, -0.2) is 22.2 Å². The van der Waals surface area contributed by atoms with E-state index in [-0.39, 0.29) is 11.6 Å². The summed E-state index contributed by atoms with van der Waals surface area (Å²) in [5, 5.41) is 10.4. The fraction of sp³-hybridized carbons (Fsp3) is 0. The van der Waals surface area contributed by atoms with Gasteiger partial charge in [0.25, 0.3) is 11.6 Å². The molecule has 0 N–H and O–H groups in total. The number of hydrogen-bond acceptors (Lipinski definition) is 8. The molecule has 0 saturated carbocycles. The Morgan fingerprint density at radius 2 is 1.88 bits per heavy atom. The lowest BCUT2D eigenvalue weighted by Gasteiger charge is -1.99. The molecular weight excluding hydrogens is 224 g/mol. The van der Waals surface area contributed by atoms with Crippen LogP contribution in [0.5, 0.6) is 11.6 Å². The van der Waals surface area contributed by atoms with Crippen LogP contribution in [0.15, 0.2) is 12.3 Å². The summed E-state index contributed by atoms with van der Waals surface area (Å²) >= 11 is 0. The molecule has 82 valence electrons. The lowest BCUT2D eigenvalue weighted by Crippen LogP contribution is -2.14. The largest absolute Gasteiger partial charge is 0.525 e. The van der Waals surface area contributed by atoms with Crippen LogP contribution in [0, 0.1) is 10.1 Å². The van der Waals surface area contributed by atoms with Crippen molar-refractivity contribution in [1.82, 2.24) is 4.98 Å². The van der Waals surface area contributed by atoms with Crippen molar-refractivity contribution < 1.29 is 28.7 Å². The molecule has 1 aliphatic rings. The number of hydrogen-bond donors (Lipinski definition) is 0. The SMILES string of the molecule is O=C1OC(=O)Oc2ncc([N+](=O)[O-])cc2O1. The molecule has 1 aliphatic heterocycles. The van der Waals surface area contributed by atoms with Gasteiger partial charge in [-0.2, -0.15) is 0 Å². The number of carbonyl (C=O) groups is 2. The first kappa shape index (κ1) is 9.83. The minimum atomic E-state index is -1.34. The zero-order valence-electron chi connectivity index (χ0n) is 7.41. The highest BCUT2D eigenvalue weighted by Crippen LogP contribution is 2.30. The molecule has 2 rings (SSSR count). The maximum absolute atomic E-state index is 10.8. The van der Waals surface area contributed by atoms with Crippen LogP contribution in [0.1, 0.15) is 0 Å². The highest BCUT2D eigenvalue weighted by molar-refractivity contribution is 5.82. The van der Waals surface area contributed by atoms with E-state index in [4.69, 9.17) is 0 Å². The summed E-state index contributed by atoms with van der Waals surface area (Å²) in [4.78, 5) is 34.7. The molecule has 0 atom stereocenters. The van der Waals surface area contributed by atoms with Gasteiger partial charge in [-0.3, -0.25) is 10.1 Å². The van der Waals surface area contributed by atoms with Crippen molar-refractivity contribution >= 4 is 18.0 Å². The van der Waals surface area contributed by atoms with Crippen LogP contribution >= 0.6 is 0 Å². The number of cyclic esters (lactones) is 2. The first-order chi connectivity index (χ1) is 7.56. The lowest BCUT2D eigenvalue weighted by atomic mass is 10.4. The number of nitrogens with zero attached hydrogens (tertiary/aromatic N) is 2. The van der Waals surface area contributed by atoms with Gasteiger partial charge >= 0.3 is 12.3 Å². The van der Waals surface area contributed by atoms with Crippen molar-refractivity contribution in [1.29, 1.82) is 0 Å². The van der Waals surface area contributed by atoms with Crippen LogP contribution in [0.2, 0.25) is 0 Å². The summed E-state index contributed by atoms with van der Waals surface area (Å²) in [6.45, 7) is 0. The Morgan fingerprint density at radius 1 is 1.19 bits per heavy atom. The molecule has 0 saturated heterocycles. The van der Waals surface area contributed by atoms with E-state index in [1.165, 1.54) is 0 Å². The van der Waals surface area contributed by atoms with Crippen molar-refractivity contribution in [2.75, 3.05) is 0 Å². The van der Waals surface area contributed by atoms with E-state index in [2.05, 4.69) is 19.2 Å². The fourth-order valence-electron chi connectivity index (χ4n) is 0.950. The Balaban J connectivity index is 2.46. The molecule has 0 aromatic carbocycles. The second kappa shape index (κ2) is 3.46. The average molecular weight is 226 g/mol. The number of nitro groups is 1. The van der Waals surface area contributed by atoms with E-state index >= 15 is 0 Å². The maximum atomic E-state index is 10.8. The van der Waals surface area contributed by atoms with Gasteiger partial charge in [-0.25, -0.2) is 14.6 Å². The molecule has 0 aliphatic carbocycles. The Hall–Kier alpha value is -2.71. The standard InChI is InChI=1S/C7H2N2O7/c10-6-14-4-1-3(9(12)13)2-8-5(4)15-7(11)16-6/h1-2H. The van der Waals surface area contributed by atoms with Crippen LogP contribution in [0.3, 0.4) is 0 Å². The first-order valence-corrected chi connectivity index (χ1v) is 3.82. The predicted octanol–water partition coefficient (Wildman–Crippen LogP) is 1.02. The van der Waals surface area contributed by atoms with Crippen LogP contribution in [0.4, 0.5) is 15.3 Å². The van der Waals surface area contributed by atoms with Crippen LogP contribution in [0.25, 0.3) is 0 Å². The fourth-order valence-corrected chi connectivity index (χ4v) is 0.950. The van der Waals surface area contributed by atoms with Gasteiger partial charge in [-0.15, -0.1) is 0 Å². The van der Waals surface area contributed by atoms with E-state index in [0.29, 0.717) is 0 Å². The lowest BCUT2D eigenvalue weighted by molar-refractivity contribution is -0.385. The second-order valence-corrected chi connectivity index (χ2v) is 2.56. The Labute approximate surface area is 86.7 Å². The number of pyridine rings is 1. The van der Waals surface area contributed by atoms with Crippen LogP contribution in [-0.2, 0) is 4.74 Å². The molecule has 9 nitrogen and oxygen atoms in total. The van der Waals surface area contributed by atoms with Gasteiger partial charge in [0.15, 0.2) is 0 Å². The smallest absolute Gasteiger partial charge is 0.388 e. The number of ether oxygens (including phenoxy) is 3. The third kappa shape index (κ3) is 1.73. The average Bonchev–Trinajstić information content (AvgIpc) is 2.32. The molecule has 0 fully saturated rings. The molecule has 0 spiro atoms. The van der Waals surface area contributed by atoms with E-state index in [9.17, 15) is 19.7 Å². The minimum Gasteiger partial charge on any atom is -0.388 e. The highest BCUT2D eigenvalue weighted by atomic mass is 16.8. The number of rotatable bonds is 1. The van der Waals surface area contributed by atoms with Gasteiger partial charge < -0.3 is 14.2 Å². The van der Waals surface area contributed by atoms with Crippen molar-refractivity contribution in [3.63, 3.8) is 0 Å². The minimum absolute atomic E-state index is 0.356. The van der Waals surface area contributed by atoms with Gasteiger partial charge in [0.1, 0.15) is 6.20 Å². The zero-order valence-corrected chi connectivity index (χ0v) is 7.41. The number of carbonyl (C=O) groups excluding carboxylic acids is 2. The van der Waals surface area contributed by atoms with Crippen molar-refractivity contribution in [3.05, 3.63) is 22.4 Å². The highest BCUT2D eigenvalue weighted by Gasteiger charge is 2.27. The summed E-state index contributed by atoms with van der Waals surface area (Å²) in [6.07, 6.45) is -1.80. The second-order valence-electron chi connectivity index (χ2n) is 2.56. The third-order valence-corrected chi connectivity index (χ3v) is 1.55. The monoisotopic (exact) mass is 226 g/mol. The summed E-state index contributed by atoms with van der Waals surface area (Å²) < 4.78 is 12.8. The van der Waals surface area contributed by atoms with Crippen molar-refractivity contribution in [2.24, 2.45) is 0 Å². The maximum Gasteiger partial charge on any atom is 0.525 e. The molecule has 2 heterocycles. The molecule has 0 unspecified atom stereocenters. The Bertz CT molecular complexity index is 498. The summed E-state index contributed by atoms with van der Waals surface area (Å²) in [5.41, 5.74) is -0.413. The van der Waals surface area contributed by atoms with E-state index < -0.39 is 22.9 Å². The molecule has 9 heteroatoms. The van der Waals surface area contributed by atoms with E-state index in [1.54, 1.807) is 0 Å². The Morgan fingerprint density at radius 3 is 2.56 bits per heavy atom. The third-order valence-electron chi connectivity index (χ3n) is 1.55. The van der Waals surface area contributed by atoms with Crippen molar-refractivity contribution in [2.45, 2.75) is 0 Å². The molecule has 1 aromatic heterocycles. The zero-order chi connectivity index (χ0) is 11.7. The number of fused-ring (bicyclic) bond motifs is 1. The summed E-state index contributed by atoms with van der Waals surface area (Å²) in [6, 6.07) is 0.891. The van der Waals surface area contributed by atoms with Gasteiger partial charge in [-0.05, 0) is 0 Å². The van der Waals surface area contributed by atoms with Crippen LogP contribution < -0.4 is 9.47 Å². The van der Waals surface area contributed by atoms with Gasteiger partial charge in [-0.1, -0.05) is 0 Å². The van der Waals surface area contributed by atoms with Gasteiger partial charge in [0.05, 0.1) is 11.0 Å². The molecular formula is C7H2N2O7. The molecule has 0 radical (unpaired) electrons. The molecule has 0 bridgehead atoms. The van der Waals surface area contributed by atoms with E-state index in [1.807, 2.05) is 0 Å². The first-order valence-electron chi connectivity index (χ1n) is 3.82. The summed E-state index contributed by atoms with van der Waals surface area (Å²) in [7, 11) is 0. The summed E-state index contributed by atoms with van der Waals surface area (Å²) in [5.74, 6) is -0.730. The van der Waals surface area contributed by atoms with Gasteiger partial charge in [0.2, 0.25) is 5.75 Å². The Kier molecular flexibility index (Phi) is 2.12. The molecule has 1 aromatic rings. The van der Waals surface area contributed by atoms with Gasteiger partial charge in [0, 0.05) is 0 Å².